The highest BCUT2D eigenvalue weighted by atomic mass is 32.2. The summed E-state index contributed by atoms with van der Waals surface area (Å²) in [6, 6.07) is 4.88. The molecule has 1 aliphatic rings. The van der Waals surface area contributed by atoms with Gasteiger partial charge in [0.1, 0.15) is 5.82 Å². The lowest BCUT2D eigenvalue weighted by atomic mass is 10.1. The molecule has 1 fully saturated rings. The highest BCUT2D eigenvalue weighted by molar-refractivity contribution is 7.91. The van der Waals surface area contributed by atoms with E-state index < -0.39 is 9.84 Å². The van der Waals surface area contributed by atoms with Gasteiger partial charge >= 0.3 is 0 Å². The van der Waals surface area contributed by atoms with Crippen molar-refractivity contribution in [1.29, 1.82) is 0 Å². The fourth-order valence-corrected chi connectivity index (χ4v) is 3.39. The van der Waals surface area contributed by atoms with E-state index in [2.05, 4.69) is 0 Å². The Morgan fingerprint density at radius 3 is 2.56 bits per heavy atom. The Morgan fingerprint density at radius 2 is 1.94 bits per heavy atom. The van der Waals surface area contributed by atoms with Gasteiger partial charge in [0.2, 0.25) is 0 Å². The summed E-state index contributed by atoms with van der Waals surface area (Å²) in [5.74, 6) is -0.0108. The molecule has 0 saturated carbocycles. The third-order valence-electron chi connectivity index (χ3n) is 3.17. The topological polar surface area (TPSA) is 63.4 Å². The molecule has 18 heavy (non-hydrogen) atoms. The number of sulfone groups is 1. The molecular formula is C12H17FN2O2S. The number of hydrogen-bond donors (Lipinski definition) is 1. The van der Waals surface area contributed by atoms with E-state index in [0.717, 1.165) is 5.69 Å². The second-order valence-corrected chi connectivity index (χ2v) is 6.72. The highest BCUT2D eigenvalue weighted by Gasteiger charge is 2.23. The molecule has 1 heterocycles. The van der Waals surface area contributed by atoms with Crippen LogP contribution >= 0.6 is 0 Å². The van der Waals surface area contributed by atoms with Crippen LogP contribution in [0.5, 0.6) is 0 Å². The van der Waals surface area contributed by atoms with Gasteiger partial charge < -0.3 is 10.6 Å². The zero-order valence-corrected chi connectivity index (χ0v) is 10.9. The quantitative estimate of drug-likeness (QED) is 0.873. The normalized spacial score (nSPS) is 18.9. The molecule has 1 aliphatic heterocycles. The molecule has 2 rings (SSSR count). The van der Waals surface area contributed by atoms with E-state index in [1.165, 1.54) is 6.07 Å². The number of hydrogen-bond acceptors (Lipinski definition) is 4. The molecule has 1 aromatic carbocycles. The molecule has 6 heteroatoms. The van der Waals surface area contributed by atoms with Crippen LogP contribution in [0.15, 0.2) is 18.2 Å². The standard InChI is InChI=1S/C12H17FN2O2S/c13-11-2-1-3-12(10(11)4-5-14)15-6-8-18(16,17)9-7-15/h1-3H,4-9,14H2. The van der Waals surface area contributed by atoms with Crippen LogP contribution in [0.3, 0.4) is 0 Å². The Balaban J connectivity index is 2.26. The first-order valence-electron chi connectivity index (χ1n) is 5.96. The van der Waals surface area contributed by atoms with Crippen LogP contribution in [0.2, 0.25) is 0 Å². The molecule has 0 bridgehead atoms. The zero-order chi connectivity index (χ0) is 13.2. The van der Waals surface area contributed by atoms with Crippen LogP contribution in [0.1, 0.15) is 5.56 Å². The minimum Gasteiger partial charge on any atom is -0.369 e. The molecule has 100 valence electrons. The Morgan fingerprint density at radius 1 is 1.28 bits per heavy atom. The van der Waals surface area contributed by atoms with Crippen LogP contribution in [0.4, 0.5) is 10.1 Å². The van der Waals surface area contributed by atoms with Gasteiger partial charge in [-0.3, -0.25) is 0 Å². The number of halogens is 1. The van der Waals surface area contributed by atoms with Gasteiger partial charge in [0.25, 0.3) is 0 Å². The minimum atomic E-state index is -2.92. The van der Waals surface area contributed by atoms with Crippen molar-refractivity contribution in [3.63, 3.8) is 0 Å². The van der Waals surface area contributed by atoms with Crippen LogP contribution in [0.25, 0.3) is 0 Å². The van der Waals surface area contributed by atoms with Gasteiger partial charge in [-0.15, -0.1) is 0 Å². The number of nitrogens with two attached hydrogens (primary N) is 1. The largest absolute Gasteiger partial charge is 0.369 e. The number of benzene rings is 1. The first-order valence-corrected chi connectivity index (χ1v) is 7.78. The van der Waals surface area contributed by atoms with Gasteiger partial charge in [0, 0.05) is 24.3 Å². The maximum Gasteiger partial charge on any atom is 0.153 e. The maximum absolute atomic E-state index is 13.7. The van der Waals surface area contributed by atoms with Crippen molar-refractivity contribution < 1.29 is 12.8 Å². The van der Waals surface area contributed by atoms with E-state index in [4.69, 9.17) is 5.73 Å². The first kappa shape index (κ1) is 13.3. The first-order chi connectivity index (χ1) is 8.53. The van der Waals surface area contributed by atoms with Crippen LogP contribution < -0.4 is 10.6 Å². The molecule has 1 saturated heterocycles. The third-order valence-corrected chi connectivity index (χ3v) is 4.78. The van der Waals surface area contributed by atoms with Gasteiger partial charge in [-0.2, -0.15) is 0 Å². The third kappa shape index (κ3) is 2.81. The van der Waals surface area contributed by atoms with E-state index in [9.17, 15) is 12.8 Å². The average Bonchev–Trinajstić information content (AvgIpc) is 2.32. The number of nitrogens with zero attached hydrogens (tertiary/aromatic N) is 1. The molecule has 0 amide bonds. The van der Waals surface area contributed by atoms with Crippen LogP contribution in [-0.2, 0) is 16.3 Å². The number of anilines is 1. The Kier molecular flexibility index (Phi) is 3.87. The summed E-state index contributed by atoms with van der Waals surface area (Å²) < 4.78 is 36.5. The summed E-state index contributed by atoms with van der Waals surface area (Å²) in [4.78, 5) is 1.93. The lowest BCUT2D eigenvalue weighted by Gasteiger charge is -2.30. The minimum absolute atomic E-state index is 0.131. The average molecular weight is 272 g/mol. The van der Waals surface area contributed by atoms with E-state index >= 15 is 0 Å². The van der Waals surface area contributed by atoms with E-state index in [0.29, 0.717) is 31.6 Å². The lowest BCUT2D eigenvalue weighted by molar-refractivity contribution is 0.585. The summed E-state index contributed by atoms with van der Waals surface area (Å²) in [7, 11) is -2.92. The van der Waals surface area contributed by atoms with Crippen molar-refractivity contribution in [3.05, 3.63) is 29.6 Å². The Bertz CT molecular complexity index is 517. The maximum atomic E-state index is 13.7. The summed E-state index contributed by atoms with van der Waals surface area (Å²) in [5, 5.41) is 0. The van der Waals surface area contributed by atoms with Crippen molar-refractivity contribution in [3.8, 4) is 0 Å². The number of rotatable bonds is 3. The summed E-state index contributed by atoms with van der Waals surface area (Å²) in [6.07, 6.45) is 0.464. The Hall–Kier alpha value is -1.14. The van der Waals surface area contributed by atoms with Crippen LogP contribution in [0, 0.1) is 5.82 Å². The fraction of sp³-hybridized carbons (Fsp3) is 0.500. The molecule has 0 unspecified atom stereocenters. The van der Waals surface area contributed by atoms with Gasteiger partial charge in [-0.25, -0.2) is 12.8 Å². The van der Waals surface area contributed by atoms with Crippen molar-refractivity contribution >= 4 is 15.5 Å². The molecule has 0 aromatic heterocycles. The van der Waals surface area contributed by atoms with Crippen molar-refractivity contribution in [2.24, 2.45) is 5.73 Å². The summed E-state index contributed by atoms with van der Waals surface area (Å²) in [6.45, 7) is 1.22. The Labute approximate surface area is 107 Å². The van der Waals surface area contributed by atoms with Crippen molar-refractivity contribution in [2.75, 3.05) is 36.0 Å². The van der Waals surface area contributed by atoms with Crippen LogP contribution in [-0.4, -0.2) is 39.6 Å². The van der Waals surface area contributed by atoms with Gasteiger partial charge in [0.15, 0.2) is 9.84 Å². The highest BCUT2D eigenvalue weighted by Crippen LogP contribution is 2.25. The van der Waals surface area contributed by atoms with Gasteiger partial charge in [0.05, 0.1) is 11.5 Å². The smallest absolute Gasteiger partial charge is 0.153 e. The van der Waals surface area contributed by atoms with E-state index in [-0.39, 0.29) is 17.3 Å². The summed E-state index contributed by atoms with van der Waals surface area (Å²) in [5.41, 5.74) is 6.85. The molecule has 0 spiro atoms. The zero-order valence-electron chi connectivity index (χ0n) is 10.1. The van der Waals surface area contributed by atoms with Crippen molar-refractivity contribution in [2.45, 2.75) is 6.42 Å². The van der Waals surface area contributed by atoms with E-state index in [1.807, 2.05) is 11.0 Å². The fourth-order valence-electron chi connectivity index (χ4n) is 2.19. The monoisotopic (exact) mass is 272 g/mol. The lowest BCUT2D eigenvalue weighted by Crippen LogP contribution is -2.40. The molecule has 0 aliphatic carbocycles. The second-order valence-electron chi connectivity index (χ2n) is 4.42. The molecular weight excluding hydrogens is 255 g/mol. The SMILES string of the molecule is NCCc1c(F)cccc1N1CCS(=O)(=O)CC1. The second kappa shape index (κ2) is 5.24. The van der Waals surface area contributed by atoms with Gasteiger partial charge in [-0.05, 0) is 25.1 Å². The summed E-state index contributed by atoms with van der Waals surface area (Å²) >= 11 is 0. The predicted octanol–water partition coefficient (Wildman–Crippen LogP) is 0.562. The molecule has 1 aromatic rings. The predicted molar refractivity (Wildman–Crippen MR) is 70.0 cm³/mol. The molecule has 2 N–H and O–H groups in total. The van der Waals surface area contributed by atoms with E-state index in [1.54, 1.807) is 6.07 Å². The molecule has 4 nitrogen and oxygen atoms in total. The van der Waals surface area contributed by atoms with Crippen molar-refractivity contribution in [1.82, 2.24) is 0 Å². The van der Waals surface area contributed by atoms with Gasteiger partial charge in [-0.1, -0.05) is 6.07 Å². The molecule has 0 radical (unpaired) electrons. The molecule has 0 atom stereocenters.